The number of rotatable bonds is 1. The van der Waals surface area contributed by atoms with Gasteiger partial charge in [0, 0.05) is 18.8 Å². The number of aromatic nitrogens is 4. The summed E-state index contributed by atoms with van der Waals surface area (Å²) in [6.07, 6.45) is 3.59. The zero-order valence-electron chi connectivity index (χ0n) is 6.98. The molecule has 0 spiro atoms. The van der Waals surface area contributed by atoms with Crippen molar-refractivity contribution in [2.45, 2.75) is 0 Å². The second kappa shape index (κ2) is 3.26. The molecule has 0 radical (unpaired) electrons. The molecule has 66 valence electrons. The van der Waals surface area contributed by atoms with E-state index in [0.717, 1.165) is 15.9 Å². The van der Waals surface area contributed by atoms with Gasteiger partial charge < -0.3 is 0 Å². The highest BCUT2D eigenvalue weighted by Crippen LogP contribution is 2.18. The topological polar surface area (TPSA) is 43.6 Å². The molecule has 13 heavy (non-hydrogen) atoms. The summed E-state index contributed by atoms with van der Waals surface area (Å²) in [5, 5.41) is 7.85. The van der Waals surface area contributed by atoms with Crippen molar-refractivity contribution in [3.8, 4) is 11.3 Å². The van der Waals surface area contributed by atoms with Crippen LogP contribution in [0.1, 0.15) is 0 Å². The van der Waals surface area contributed by atoms with Crippen LogP contribution < -0.4 is 0 Å². The first-order valence-electron chi connectivity index (χ1n) is 3.74. The predicted octanol–water partition coefficient (Wildman–Crippen LogP) is 1.64. The van der Waals surface area contributed by atoms with Crippen LogP contribution in [0.3, 0.4) is 0 Å². The number of aryl methyl sites for hydroxylation is 1. The number of halogens is 1. The molecule has 0 unspecified atom stereocenters. The van der Waals surface area contributed by atoms with E-state index in [4.69, 9.17) is 0 Å². The SMILES string of the molecule is Cn1cc(-c2ccnc(Br)c2)nn1. The summed E-state index contributed by atoms with van der Waals surface area (Å²) in [5.74, 6) is 0. The van der Waals surface area contributed by atoms with Gasteiger partial charge in [-0.2, -0.15) is 0 Å². The third kappa shape index (κ3) is 1.75. The quantitative estimate of drug-likeness (QED) is 0.710. The van der Waals surface area contributed by atoms with Crippen LogP contribution in [0, 0.1) is 0 Å². The summed E-state index contributed by atoms with van der Waals surface area (Å²) in [4.78, 5) is 4.03. The summed E-state index contributed by atoms with van der Waals surface area (Å²) in [6.45, 7) is 0. The van der Waals surface area contributed by atoms with Gasteiger partial charge in [0.2, 0.25) is 0 Å². The molecule has 2 aromatic rings. The maximum absolute atomic E-state index is 4.03. The molecule has 0 saturated carbocycles. The Labute approximate surface area is 83.7 Å². The van der Waals surface area contributed by atoms with Gasteiger partial charge >= 0.3 is 0 Å². The zero-order valence-corrected chi connectivity index (χ0v) is 8.56. The molecule has 4 nitrogen and oxygen atoms in total. The highest BCUT2D eigenvalue weighted by atomic mass is 79.9. The summed E-state index contributed by atoms with van der Waals surface area (Å²) in [6, 6.07) is 3.80. The highest BCUT2D eigenvalue weighted by molar-refractivity contribution is 9.10. The van der Waals surface area contributed by atoms with Crippen molar-refractivity contribution in [2.75, 3.05) is 0 Å². The second-order valence-corrected chi connectivity index (χ2v) is 3.46. The van der Waals surface area contributed by atoms with Crippen molar-refractivity contribution < 1.29 is 0 Å². The standard InChI is InChI=1S/C8H7BrN4/c1-13-5-7(11-12-13)6-2-3-10-8(9)4-6/h2-5H,1H3. The van der Waals surface area contributed by atoms with E-state index in [2.05, 4.69) is 31.2 Å². The van der Waals surface area contributed by atoms with E-state index in [0.29, 0.717) is 0 Å². The van der Waals surface area contributed by atoms with E-state index in [9.17, 15) is 0 Å². The number of nitrogens with zero attached hydrogens (tertiary/aromatic N) is 4. The Bertz CT molecular complexity index is 424. The van der Waals surface area contributed by atoms with Gasteiger partial charge in [-0.1, -0.05) is 5.21 Å². The van der Waals surface area contributed by atoms with Gasteiger partial charge in [0.25, 0.3) is 0 Å². The Morgan fingerprint density at radius 3 is 2.92 bits per heavy atom. The summed E-state index contributed by atoms with van der Waals surface area (Å²) >= 11 is 3.30. The molecule has 0 bridgehead atoms. The molecule has 0 aliphatic rings. The lowest BCUT2D eigenvalue weighted by atomic mass is 10.2. The molecule has 0 atom stereocenters. The van der Waals surface area contributed by atoms with Crippen LogP contribution in [0.25, 0.3) is 11.3 Å². The molecule has 2 heterocycles. The molecule has 0 amide bonds. The fourth-order valence-electron chi connectivity index (χ4n) is 1.04. The van der Waals surface area contributed by atoms with E-state index >= 15 is 0 Å². The fourth-order valence-corrected chi connectivity index (χ4v) is 1.41. The van der Waals surface area contributed by atoms with Crippen LogP contribution >= 0.6 is 15.9 Å². The summed E-state index contributed by atoms with van der Waals surface area (Å²) in [5.41, 5.74) is 1.86. The average Bonchev–Trinajstić information content (AvgIpc) is 2.52. The number of pyridine rings is 1. The molecular formula is C8H7BrN4. The molecular weight excluding hydrogens is 232 g/mol. The second-order valence-electron chi connectivity index (χ2n) is 2.64. The Balaban J connectivity index is 2.46. The molecule has 0 aliphatic heterocycles. The molecule has 0 aliphatic carbocycles. The molecule has 2 aromatic heterocycles. The van der Waals surface area contributed by atoms with E-state index in [-0.39, 0.29) is 0 Å². The van der Waals surface area contributed by atoms with E-state index in [1.165, 1.54) is 0 Å². The van der Waals surface area contributed by atoms with Crippen LogP contribution in [0.15, 0.2) is 29.1 Å². The van der Waals surface area contributed by atoms with Crippen LogP contribution in [0.4, 0.5) is 0 Å². The highest BCUT2D eigenvalue weighted by Gasteiger charge is 2.01. The lowest BCUT2D eigenvalue weighted by Gasteiger charge is -1.94. The molecule has 0 aromatic carbocycles. The molecule has 0 fully saturated rings. The smallest absolute Gasteiger partial charge is 0.113 e. The fraction of sp³-hybridized carbons (Fsp3) is 0.125. The Hall–Kier alpha value is -1.23. The normalized spacial score (nSPS) is 10.3. The average molecular weight is 239 g/mol. The van der Waals surface area contributed by atoms with Crippen LogP contribution in [0.2, 0.25) is 0 Å². The first-order valence-corrected chi connectivity index (χ1v) is 4.53. The number of hydrogen-bond donors (Lipinski definition) is 0. The van der Waals surface area contributed by atoms with Gasteiger partial charge in [0.1, 0.15) is 10.3 Å². The summed E-state index contributed by atoms with van der Waals surface area (Å²) < 4.78 is 2.47. The lowest BCUT2D eigenvalue weighted by Crippen LogP contribution is -1.85. The maximum atomic E-state index is 4.03. The van der Waals surface area contributed by atoms with E-state index < -0.39 is 0 Å². The van der Waals surface area contributed by atoms with Crippen molar-refractivity contribution in [1.82, 2.24) is 20.0 Å². The van der Waals surface area contributed by atoms with Crippen molar-refractivity contribution in [3.63, 3.8) is 0 Å². The van der Waals surface area contributed by atoms with Crippen molar-refractivity contribution in [3.05, 3.63) is 29.1 Å². The van der Waals surface area contributed by atoms with Crippen LogP contribution in [-0.2, 0) is 7.05 Å². The van der Waals surface area contributed by atoms with Crippen LogP contribution in [0.5, 0.6) is 0 Å². The van der Waals surface area contributed by atoms with Gasteiger partial charge in [-0.25, -0.2) is 4.98 Å². The van der Waals surface area contributed by atoms with Crippen molar-refractivity contribution >= 4 is 15.9 Å². The monoisotopic (exact) mass is 238 g/mol. The predicted molar refractivity (Wildman–Crippen MR) is 51.9 cm³/mol. The first kappa shape index (κ1) is 8.37. The van der Waals surface area contributed by atoms with Gasteiger partial charge in [0.05, 0.1) is 6.20 Å². The van der Waals surface area contributed by atoms with Gasteiger partial charge in [-0.05, 0) is 28.1 Å². The zero-order chi connectivity index (χ0) is 9.26. The molecule has 2 rings (SSSR count). The third-order valence-corrected chi connectivity index (χ3v) is 2.06. The summed E-state index contributed by atoms with van der Waals surface area (Å²) in [7, 11) is 1.84. The minimum absolute atomic E-state index is 0.802. The van der Waals surface area contributed by atoms with E-state index in [1.807, 2.05) is 25.4 Å². The van der Waals surface area contributed by atoms with Gasteiger partial charge in [0.15, 0.2) is 0 Å². The van der Waals surface area contributed by atoms with Crippen molar-refractivity contribution in [1.29, 1.82) is 0 Å². The Morgan fingerprint density at radius 1 is 1.46 bits per heavy atom. The molecule has 5 heteroatoms. The largest absolute Gasteiger partial charge is 0.255 e. The van der Waals surface area contributed by atoms with E-state index in [1.54, 1.807) is 10.9 Å². The van der Waals surface area contributed by atoms with Gasteiger partial charge in [-0.15, -0.1) is 5.10 Å². The Morgan fingerprint density at radius 2 is 2.31 bits per heavy atom. The number of hydrogen-bond acceptors (Lipinski definition) is 3. The lowest BCUT2D eigenvalue weighted by molar-refractivity contribution is 0.715. The van der Waals surface area contributed by atoms with Gasteiger partial charge in [-0.3, -0.25) is 4.68 Å². The van der Waals surface area contributed by atoms with Crippen LogP contribution in [-0.4, -0.2) is 20.0 Å². The molecule has 0 saturated heterocycles. The minimum atomic E-state index is 0.802. The minimum Gasteiger partial charge on any atom is -0.255 e. The molecule has 0 N–H and O–H groups in total. The Kier molecular flexibility index (Phi) is 2.10. The first-order chi connectivity index (χ1) is 6.25. The third-order valence-electron chi connectivity index (χ3n) is 1.62. The maximum Gasteiger partial charge on any atom is 0.113 e. The van der Waals surface area contributed by atoms with Crippen molar-refractivity contribution in [2.24, 2.45) is 7.05 Å².